The van der Waals surface area contributed by atoms with Gasteiger partial charge in [-0.3, -0.25) is 9.59 Å². The van der Waals surface area contributed by atoms with Gasteiger partial charge in [0, 0.05) is 6.54 Å². The zero-order chi connectivity index (χ0) is 14.3. The average molecular weight is 254 g/mol. The lowest BCUT2D eigenvalue weighted by atomic mass is 9.70. The lowest BCUT2D eigenvalue weighted by Gasteiger charge is -2.34. The van der Waals surface area contributed by atoms with Gasteiger partial charge < -0.3 is 11.1 Å². The smallest absolute Gasteiger partial charge is 0.224 e. The van der Waals surface area contributed by atoms with Gasteiger partial charge in [-0.1, -0.05) is 26.8 Å². The number of nitrogens with two attached hydrogens (primary N) is 1. The van der Waals surface area contributed by atoms with Gasteiger partial charge in [0.25, 0.3) is 0 Å². The van der Waals surface area contributed by atoms with Crippen molar-refractivity contribution in [3.8, 4) is 0 Å². The molecule has 1 unspecified atom stereocenters. The number of amides is 2. The zero-order valence-corrected chi connectivity index (χ0v) is 12.0. The minimum absolute atomic E-state index is 0.0992. The molecule has 2 amide bonds. The minimum Gasteiger partial charge on any atom is -0.369 e. The molecule has 0 fully saturated rings. The predicted octanol–water partition coefficient (Wildman–Crippen LogP) is 1.85. The fraction of sp³-hybridized carbons (Fsp3) is 0.714. The van der Waals surface area contributed by atoms with Crippen LogP contribution in [0.15, 0.2) is 12.7 Å². The van der Waals surface area contributed by atoms with Crippen LogP contribution < -0.4 is 11.1 Å². The van der Waals surface area contributed by atoms with Gasteiger partial charge in [-0.05, 0) is 25.2 Å². The number of carbonyl (C=O) groups excluding carboxylic acids is 2. The van der Waals surface area contributed by atoms with E-state index >= 15 is 0 Å². The Morgan fingerprint density at radius 3 is 2.28 bits per heavy atom. The van der Waals surface area contributed by atoms with Crippen molar-refractivity contribution < 1.29 is 9.59 Å². The van der Waals surface area contributed by atoms with Gasteiger partial charge in [-0.15, -0.1) is 6.58 Å². The topological polar surface area (TPSA) is 72.2 Å². The molecule has 0 rings (SSSR count). The highest BCUT2D eigenvalue weighted by Gasteiger charge is 2.40. The summed E-state index contributed by atoms with van der Waals surface area (Å²) in [7, 11) is 0. The summed E-state index contributed by atoms with van der Waals surface area (Å²) in [5, 5.41) is 2.79. The van der Waals surface area contributed by atoms with Crippen LogP contribution in [0.4, 0.5) is 0 Å². The second kappa shape index (κ2) is 7.19. The molecule has 0 aromatic carbocycles. The van der Waals surface area contributed by atoms with Crippen LogP contribution in [0, 0.1) is 17.3 Å². The molecule has 3 N–H and O–H groups in total. The van der Waals surface area contributed by atoms with Crippen LogP contribution in [0.1, 0.15) is 40.5 Å². The summed E-state index contributed by atoms with van der Waals surface area (Å²) in [6.07, 6.45) is 2.99. The molecule has 0 bridgehead atoms. The molecule has 0 aliphatic carbocycles. The second-order valence-corrected chi connectivity index (χ2v) is 5.61. The van der Waals surface area contributed by atoms with Crippen LogP contribution >= 0.6 is 0 Å². The number of carbonyl (C=O) groups is 2. The SMILES string of the molecule is C=CCC[C@H](C(N)=O)C(C(=O)NCC)C(C)(C)C. The Bertz CT molecular complexity index is 305. The summed E-state index contributed by atoms with van der Waals surface area (Å²) in [5.41, 5.74) is 5.15. The molecule has 0 aliphatic rings. The molecule has 104 valence electrons. The Labute approximate surface area is 110 Å². The van der Waals surface area contributed by atoms with Crippen LogP contribution in [0.2, 0.25) is 0 Å². The van der Waals surface area contributed by atoms with Crippen molar-refractivity contribution in [1.29, 1.82) is 0 Å². The van der Waals surface area contributed by atoms with Crippen LogP contribution in [-0.2, 0) is 9.59 Å². The van der Waals surface area contributed by atoms with E-state index in [1.54, 1.807) is 6.08 Å². The van der Waals surface area contributed by atoms with Crippen LogP contribution in [0.25, 0.3) is 0 Å². The standard InChI is InChI=1S/C14H26N2O2/c1-6-8-9-10(12(15)17)11(14(3,4)5)13(18)16-7-2/h6,10-11H,1,7-9H2,2-5H3,(H2,15,17)(H,16,18)/t10-,11?/m0/s1. The molecular weight excluding hydrogens is 228 g/mol. The first-order valence-electron chi connectivity index (χ1n) is 6.43. The first kappa shape index (κ1) is 16.7. The zero-order valence-electron chi connectivity index (χ0n) is 12.0. The van der Waals surface area contributed by atoms with Crippen LogP contribution in [0.3, 0.4) is 0 Å². The molecule has 0 aromatic rings. The highest BCUT2D eigenvalue weighted by Crippen LogP contribution is 2.34. The van der Waals surface area contributed by atoms with Crippen molar-refractivity contribution in [1.82, 2.24) is 5.32 Å². The number of allylic oxidation sites excluding steroid dienone is 1. The Kier molecular flexibility index (Phi) is 6.66. The summed E-state index contributed by atoms with van der Waals surface area (Å²) < 4.78 is 0. The maximum Gasteiger partial charge on any atom is 0.224 e. The van der Waals surface area contributed by atoms with Gasteiger partial charge in [-0.25, -0.2) is 0 Å². The highest BCUT2D eigenvalue weighted by molar-refractivity contribution is 5.87. The normalized spacial score (nSPS) is 14.7. The Balaban J connectivity index is 5.16. The molecule has 18 heavy (non-hydrogen) atoms. The van der Waals surface area contributed by atoms with E-state index in [4.69, 9.17) is 5.73 Å². The van der Waals surface area contributed by atoms with E-state index in [2.05, 4.69) is 11.9 Å². The van der Waals surface area contributed by atoms with Crippen molar-refractivity contribution >= 4 is 11.8 Å². The fourth-order valence-corrected chi connectivity index (χ4v) is 2.23. The Morgan fingerprint density at radius 2 is 1.94 bits per heavy atom. The van der Waals surface area contributed by atoms with E-state index in [0.717, 1.165) is 0 Å². The largest absolute Gasteiger partial charge is 0.369 e. The number of primary amides is 1. The molecule has 4 heteroatoms. The van der Waals surface area contributed by atoms with Crippen LogP contribution in [0.5, 0.6) is 0 Å². The Morgan fingerprint density at radius 1 is 1.39 bits per heavy atom. The van der Waals surface area contributed by atoms with Crippen molar-refractivity contribution in [2.45, 2.75) is 40.5 Å². The number of hydrogen-bond donors (Lipinski definition) is 2. The van der Waals surface area contributed by atoms with E-state index in [1.165, 1.54) is 0 Å². The molecule has 2 atom stereocenters. The van der Waals surface area contributed by atoms with E-state index in [1.807, 2.05) is 27.7 Å². The van der Waals surface area contributed by atoms with Gasteiger partial charge in [0.15, 0.2) is 0 Å². The molecule has 0 spiro atoms. The van der Waals surface area contributed by atoms with Gasteiger partial charge in [0.05, 0.1) is 11.8 Å². The highest BCUT2D eigenvalue weighted by atomic mass is 16.2. The van der Waals surface area contributed by atoms with Gasteiger partial charge in [-0.2, -0.15) is 0 Å². The molecule has 0 heterocycles. The minimum atomic E-state index is -0.449. The van der Waals surface area contributed by atoms with Gasteiger partial charge in [0.2, 0.25) is 11.8 Å². The fourth-order valence-electron chi connectivity index (χ4n) is 2.23. The summed E-state index contributed by atoms with van der Waals surface area (Å²) in [4.78, 5) is 23.8. The van der Waals surface area contributed by atoms with E-state index in [-0.39, 0.29) is 11.3 Å². The third kappa shape index (κ3) is 4.90. The average Bonchev–Trinajstić information content (AvgIpc) is 2.21. The number of hydrogen-bond acceptors (Lipinski definition) is 2. The van der Waals surface area contributed by atoms with Crippen LogP contribution in [-0.4, -0.2) is 18.4 Å². The van der Waals surface area contributed by atoms with E-state index in [9.17, 15) is 9.59 Å². The molecule has 0 saturated heterocycles. The summed E-state index contributed by atoms with van der Waals surface area (Å²) in [6.45, 7) is 11.9. The van der Waals surface area contributed by atoms with Crippen molar-refractivity contribution in [3.63, 3.8) is 0 Å². The Hall–Kier alpha value is -1.32. The maximum atomic E-state index is 12.2. The van der Waals surface area contributed by atoms with Crippen molar-refractivity contribution in [2.75, 3.05) is 6.54 Å². The summed E-state index contributed by atoms with van der Waals surface area (Å²) in [5.74, 6) is -1.37. The quantitative estimate of drug-likeness (QED) is 0.681. The number of nitrogens with one attached hydrogen (secondary N) is 1. The monoisotopic (exact) mass is 254 g/mol. The molecule has 0 aliphatic heterocycles. The first-order valence-corrected chi connectivity index (χ1v) is 6.43. The predicted molar refractivity (Wildman–Crippen MR) is 73.7 cm³/mol. The van der Waals surface area contributed by atoms with Crippen molar-refractivity contribution in [3.05, 3.63) is 12.7 Å². The summed E-state index contributed by atoms with van der Waals surface area (Å²) in [6, 6.07) is 0. The van der Waals surface area contributed by atoms with Gasteiger partial charge >= 0.3 is 0 Å². The molecule has 0 saturated carbocycles. The third-order valence-corrected chi connectivity index (χ3v) is 3.02. The van der Waals surface area contributed by atoms with Gasteiger partial charge in [0.1, 0.15) is 0 Å². The number of rotatable bonds is 7. The summed E-state index contributed by atoms with van der Waals surface area (Å²) >= 11 is 0. The lowest BCUT2D eigenvalue weighted by molar-refractivity contribution is -0.137. The molecule has 4 nitrogen and oxygen atoms in total. The maximum absolute atomic E-state index is 12.2. The van der Waals surface area contributed by atoms with E-state index < -0.39 is 17.7 Å². The molecule has 0 aromatic heterocycles. The third-order valence-electron chi connectivity index (χ3n) is 3.02. The van der Waals surface area contributed by atoms with Crippen molar-refractivity contribution in [2.24, 2.45) is 23.0 Å². The first-order chi connectivity index (χ1) is 8.25. The second-order valence-electron chi connectivity index (χ2n) is 5.61. The lowest BCUT2D eigenvalue weighted by Crippen LogP contribution is -2.46. The molecular formula is C14H26N2O2. The van der Waals surface area contributed by atoms with E-state index in [0.29, 0.717) is 19.4 Å². The molecule has 0 radical (unpaired) electrons.